The Morgan fingerprint density at radius 1 is 0.848 bits per heavy atom. The fourth-order valence-electron chi connectivity index (χ4n) is 6.01. The molecule has 1 nitrogen and oxygen atoms in total. The van der Waals surface area contributed by atoms with Crippen LogP contribution in [-0.2, 0) is 0 Å². The van der Waals surface area contributed by atoms with Crippen molar-refractivity contribution in [1.29, 1.82) is 0 Å². The van der Waals surface area contributed by atoms with Gasteiger partial charge in [0.15, 0.2) is 0 Å². The highest BCUT2D eigenvalue weighted by atomic mass is 32.2. The first kappa shape index (κ1) is 31.8. The average Bonchev–Trinajstić information content (AvgIpc) is 3.10. The molecule has 1 aliphatic carbocycles. The average molecular weight is 636 g/mol. The SMILES string of the molecule is C=C/C=C\C1=C(C)C(N(C(/C=C\C(C)c2ccccc2)=C/CC)c2ccc(-c3ccc4c(c3)Sc3ccccc3S4)cc2)=CCC1. The molecule has 1 aliphatic heterocycles. The normalized spacial score (nSPS) is 15.5. The first-order valence-corrected chi connectivity index (χ1v) is 17.8. The number of anilines is 1. The summed E-state index contributed by atoms with van der Waals surface area (Å²) < 4.78 is 0. The van der Waals surface area contributed by atoms with Crippen LogP contribution in [0.25, 0.3) is 11.1 Å². The maximum atomic E-state index is 3.90. The summed E-state index contributed by atoms with van der Waals surface area (Å²) in [7, 11) is 0. The van der Waals surface area contributed by atoms with E-state index < -0.39 is 0 Å². The molecule has 4 aromatic rings. The van der Waals surface area contributed by atoms with Crippen molar-refractivity contribution in [2.45, 2.75) is 65.5 Å². The van der Waals surface area contributed by atoms with Crippen LogP contribution in [0.15, 0.2) is 188 Å². The zero-order chi connectivity index (χ0) is 31.9. The Bertz CT molecular complexity index is 1850. The minimum absolute atomic E-state index is 0.306. The van der Waals surface area contributed by atoms with Crippen molar-refractivity contribution in [3.63, 3.8) is 0 Å². The molecule has 1 heterocycles. The summed E-state index contributed by atoms with van der Waals surface area (Å²) in [6.07, 6.45) is 18.5. The molecule has 0 aromatic heterocycles. The third-order valence-electron chi connectivity index (χ3n) is 8.54. The topological polar surface area (TPSA) is 3.24 Å². The van der Waals surface area contributed by atoms with Crippen LogP contribution in [0.5, 0.6) is 0 Å². The molecule has 4 aromatic carbocycles. The lowest BCUT2D eigenvalue weighted by Gasteiger charge is -2.32. The van der Waals surface area contributed by atoms with E-state index in [1.165, 1.54) is 58.8 Å². The summed E-state index contributed by atoms with van der Waals surface area (Å²) in [5, 5.41) is 0. The summed E-state index contributed by atoms with van der Waals surface area (Å²) in [4.78, 5) is 7.78. The Balaban J connectivity index is 1.36. The van der Waals surface area contributed by atoms with Gasteiger partial charge >= 0.3 is 0 Å². The number of hydrogen-bond acceptors (Lipinski definition) is 3. The van der Waals surface area contributed by atoms with E-state index in [0.717, 1.165) is 24.9 Å². The number of nitrogens with zero attached hydrogens (tertiary/aromatic N) is 1. The van der Waals surface area contributed by atoms with Gasteiger partial charge in [-0.2, -0.15) is 0 Å². The molecule has 0 fully saturated rings. The van der Waals surface area contributed by atoms with E-state index in [1.807, 2.05) is 29.6 Å². The Labute approximate surface area is 283 Å². The molecule has 0 bridgehead atoms. The van der Waals surface area contributed by atoms with Crippen LogP contribution < -0.4 is 4.90 Å². The Morgan fingerprint density at radius 3 is 2.24 bits per heavy atom. The smallest absolute Gasteiger partial charge is 0.0461 e. The fraction of sp³-hybridized carbons (Fsp3) is 0.163. The molecule has 1 unspecified atom stereocenters. The molecule has 0 radical (unpaired) electrons. The highest BCUT2D eigenvalue weighted by molar-refractivity contribution is 8.05. The van der Waals surface area contributed by atoms with Crippen molar-refractivity contribution in [2.24, 2.45) is 0 Å². The fourth-order valence-corrected chi connectivity index (χ4v) is 8.27. The van der Waals surface area contributed by atoms with Crippen LogP contribution in [0.2, 0.25) is 0 Å². The highest BCUT2D eigenvalue weighted by Crippen LogP contribution is 2.49. The molecular weight excluding hydrogens is 595 g/mol. The number of hydrogen-bond donors (Lipinski definition) is 0. The van der Waals surface area contributed by atoms with Crippen molar-refractivity contribution in [2.75, 3.05) is 4.90 Å². The molecule has 0 saturated carbocycles. The molecular formula is C43H41NS2. The summed E-state index contributed by atoms with van der Waals surface area (Å²) in [6.45, 7) is 10.7. The van der Waals surface area contributed by atoms with E-state index in [4.69, 9.17) is 0 Å². The van der Waals surface area contributed by atoms with Crippen LogP contribution >= 0.6 is 23.5 Å². The number of allylic oxidation sites excluding steroid dienone is 9. The predicted molar refractivity (Wildman–Crippen MR) is 201 cm³/mol. The highest BCUT2D eigenvalue weighted by Gasteiger charge is 2.22. The van der Waals surface area contributed by atoms with Crippen molar-refractivity contribution in [3.05, 3.63) is 174 Å². The Hall–Kier alpha value is -4.18. The summed E-state index contributed by atoms with van der Waals surface area (Å²) >= 11 is 3.74. The Morgan fingerprint density at radius 2 is 1.52 bits per heavy atom. The quantitative estimate of drug-likeness (QED) is 0.141. The third-order valence-corrected chi connectivity index (χ3v) is 11.1. The zero-order valence-corrected chi connectivity index (χ0v) is 28.6. The monoisotopic (exact) mass is 635 g/mol. The molecule has 0 saturated heterocycles. The molecule has 3 heteroatoms. The minimum atomic E-state index is 0.306. The zero-order valence-electron chi connectivity index (χ0n) is 26.9. The second-order valence-corrected chi connectivity index (χ2v) is 13.8. The van der Waals surface area contributed by atoms with E-state index in [1.54, 1.807) is 0 Å². The second kappa shape index (κ2) is 14.9. The van der Waals surface area contributed by atoms with Gasteiger partial charge in [0.25, 0.3) is 0 Å². The maximum absolute atomic E-state index is 3.90. The minimum Gasteiger partial charge on any atom is -0.311 e. The first-order valence-electron chi connectivity index (χ1n) is 16.2. The predicted octanol–water partition coefficient (Wildman–Crippen LogP) is 13.2. The van der Waals surface area contributed by atoms with Crippen molar-refractivity contribution < 1.29 is 0 Å². The van der Waals surface area contributed by atoms with E-state index in [2.05, 4.69) is 166 Å². The van der Waals surface area contributed by atoms with Gasteiger partial charge in [0, 0.05) is 36.7 Å². The summed E-state index contributed by atoms with van der Waals surface area (Å²) in [6, 6.07) is 35.4. The van der Waals surface area contributed by atoms with Gasteiger partial charge in [-0.1, -0.05) is 141 Å². The largest absolute Gasteiger partial charge is 0.311 e. The van der Waals surface area contributed by atoms with Gasteiger partial charge in [0.2, 0.25) is 0 Å². The molecule has 0 amide bonds. The number of rotatable bonds is 10. The van der Waals surface area contributed by atoms with E-state index in [-0.39, 0.29) is 0 Å². The van der Waals surface area contributed by atoms with Crippen molar-refractivity contribution in [3.8, 4) is 11.1 Å². The van der Waals surface area contributed by atoms with Gasteiger partial charge in [-0.15, -0.1) is 0 Å². The van der Waals surface area contributed by atoms with Crippen LogP contribution in [0.3, 0.4) is 0 Å². The second-order valence-electron chi connectivity index (χ2n) is 11.7. The van der Waals surface area contributed by atoms with Crippen LogP contribution in [0, 0.1) is 0 Å². The molecule has 0 N–H and O–H groups in total. The maximum Gasteiger partial charge on any atom is 0.0461 e. The van der Waals surface area contributed by atoms with E-state index in [0.29, 0.717) is 5.92 Å². The van der Waals surface area contributed by atoms with E-state index >= 15 is 0 Å². The van der Waals surface area contributed by atoms with E-state index in [9.17, 15) is 0 Å². The van der Waals surface area contributed by atoms with Gasteiger partial charge in [0.05, 0.1) is 0 Å². The summed E-state index contributed by atoms with van der Waals surface area (Å²) in [5.41, 5.74) is 10.1. The first-order chi connectivity index (χ1) is 22.6. The lowest BCUT2D eigenvalue weighted by Crippen LogP contribution is -2.23. The van der Waals surface area contributed by atoms with Crippen molar-refractivity contribution >= 4 is 29.2 Å². The molecule has 1 atom stereocenters. The lowest BCUT2D eigenvalue weighted by molar-refractivity contribution is 0.914. The van der Waals surface area contributed by atoms with Crippen LogP contribution in [0.1, 0.15) is 51.5 Å². The summed E-state index contributed by atoms with van der Waals surface area (Å²) in [5.74, 6) is 0.306. The number of benzene rings is 4. The van der Waals surface area contributed by atoms with Gasteiger partial charge in [-0.25, -0.2) is 0 Å². The lowest BCUT2D eigenvalue weighted by atomic mass is 9.93. The molecule has 6 rings (SSSR count). The van der Waals surface area contributed by atoms with Crippen molar-refractivity contribution in [1.82, 2.24) is 0 Å². The number of fused-ring (bicyclic) bond motifs is 2. The molecule has 0 spiro atoms. The molecule has 2 aliphatic rings. The third kappa shape index (κ3) is 7.12. The van der Waals surface area contributed by atoms with Gasteiger partial charge in [-0.05, 0) is 102 Å². The molecule has 230 valence electrons. The van der Waals surface area contributed by atoms with Crippen LogP contribution in [0.4, 0.5) is 5.69 Å². The van der Waals surface area contributed by atoms with Gasteiger partial charge in [-0.3, -0.25) is 0 Å². The molecule has 46 heavy (non-hydrogen) atoms. The van der Waals surface area contributed by atoms with Gasteiger partial charge in [0.1, 0.15) is 0 Å². The van der Waals surface area contributed by atoms with Gasteiger partial charge < -0.3 is 4.90 Å². The van der Waals surface area contributed by atoms with Crippen LogP contribution in [-0.4, -0.2) is 0 Å². The standard InChI is InChI=1S/C43H41NS2/c1-5-7-15-34-18-13-19-39(32(34)4)44(37(14-6-2)26-22-31(3)33-16-9-8-10-17-33)38-27-23-35(24-28-38)36-25-29-42-43(30-36)46-41-21-12-11-20-40(41)45-42/h5,7-12,14-17,19-31H,1,6,13,18H2,2-4H3/b15-7-,26-22-,37-14+. The Kier molecular flexibility index (Phi) is 10.3.